The Balaban J connectivity index is 2.44. The van der Waals surface area contributed by atoms with E-state index in [4.69, 9.17) is 0 Å². The number of unbranched alkanes of at least 4 members (excludes halogenated alkanes) is 1. The zero-order valence-corrected chi connectivity index (χ0v) is 14.1. The third kappa shape index (κ3) is 7.66. The molecular formula is C16H26FN3OS. The Hall–Kier alpha value is -1.27. The number of hydrogen-bond acceptors (Lipinski definition) is 3. The molecule has 4 nitrogen and oxygen atoms in total. The molecule has 0 spiro atoms. The van der Waals surface area contributed by atoms with Gasteiger partial charge in [0.1, 0.15) is 5.82 Å². The third-order valence-electron chi connectivity index (χ3n) is 3.09. The van der Waals surface area contributed by atoms with E-state index in [9.17, 15) is 9.50 Å². The van der Waals surface area contributed by atoms with Gasteiger partial charge in [0.2, 0.25) is 0 Å². The highest BCUT2D eigenvalue weighted by Gasteiger charge is 2.07. The monoisotopic (exact) mass is 327 g/mol. The van der Waals surface area contributed by atoms with Crippen LogP contribution >= 0.6 is 11.8 Å². The van der Waals surface area contributed by atoms with Crippen molar-refractivity contribution in [3.05, 3.63) is 35.6 Å². The molecule has 0 saturated carbocycles. The van der Waals surface area contributed by atoms with Crippen molar-refractivity contribution in [1.29, 1.82) is 0 Å². The van der Waals surface area contributed by atoms with Gasteiger partial charge in [0, 0.05) is 13.1 Å². The average Bonchev–Trinajstić information content (AvgIpc) is 2.52. The quantitative estimate of drug-likeness (QED) is 0.371. The standard InChI is InChI=1S/C16H26FN3OS/c1-3-18-16(19-10-4-5-11-22-2)20-12-15(21)13-6-8-14(17)9-7-13/h6-9,15,21H,3-5,10-12H2,1-2H3,(H2,18,19,20). The molecule has 0 heterocycles. The summed E-state index contributed by atoms with van der Waals surface area (Å²) in [5, 5.41) is 16.5. The minimum Gasteiger partial charge on any atom is -0.386 e. The lowest BCUT2D eigenvalue weighted by Crippen LogP contribution is -2.38. The van der Waals surface area contributed by atoms with Gasteiger partial charge in [-0.25, -0.2) is 4.39 Å². The van der Waals surface area contributed by atoms with Crippen LogP contribution in [0.5, 0.6) is 0 Å². The second-order valence-electron chi connectivity index (χ2n) is 4.91. The van der Waals surface area contributed by atoms with Crippen molar-refractivity contribution in [3.63, 3.8) is 0 Å². The number of guanidine groups is 1. The van der Waals surface area contributed by atoms with Crippen molar-refractivity contribution in [2.24, 2.45) is 4.99 Å². The molecule has 0 fully saturated rings. The van der Waals surface area contributed by atoms with Crippen LogP contribution in [0.1, 0.15) is 31.4 Å². The number of hydrogen-bond donors (Lipinski definition) is 3. The summed E-state index contributed by atoms with van der Waals surface area (Å²) in [5.74, 6) is 1.56. The first-order valence-electron chi connectivity index (χ1n) is 7.62. The van der Waals surface area contributed by atoms with Gasteiger partial charge < -0.3 is 15.7 Å². The van der Waals surface area contributed by atoms with Gasteiger partial charge in [-0.2, -0.15) is 11.8 Å². The number of rotatable bonds is 9. The fourth-order valence-corrected chi connectivity index (χ4v) is 2.38. The molecule has 0 aliphatic heterocycles. The largest absolute Gasteiger partial charge is 0.386 e. The molecule has 124 valence electrons. The van der Waals surface area contributed by atoms with Crippen LogP contribution in [0.4, 0.5) is 4.39 Å². The zero-order chi connectivity index (χ0) is 16.2. The van der Waals surface area contributed by atoms with Crippen LogP contribution < -0.4 is 10.6 Å². The van der Waals surface area contributed by atoms with E-state index < -0.39 is 6.10 Å². The fourth-order valence-electron chi connectivity index (χ4n) is 1.89. The maximum Gasteiger partial charge on any atom is 0.191 e. The van der Waals surface area contributed by atoms with Crippen molar-refractivity contribution in [1.82, 2.24) is 10.6 Å². The highest BCUT2D eigenvalue weighted by atomic mass is 32.2. The predicted molar refractivity (Wildman–Crippen MR) is 93.0 cm³/mol. The van der Waals surface area contributed by atoms with E-state index in [1.54, 1.807) is 12.1 Å². The summed E-state index contributed by atoms with van der Waals surface area (Å²) in [5.41, 5.74) is 0.668. The van der Waals surface area contributed by atoms with Crippen LogP contribution in [0.2, 0.25) is 0 Å². The summed E-state index contributed by atoms with van der Waals surface area (Å²) in [7, 11) is 0. The highest BCUT2D eigenvalue weighted by Crippen LogP contribution is 2.13. The number of nitrogens with zero attached hydrogens (tertiary/aromatic N) is 1. The summed E-state index contributed by atoms with van der Waals surface area (Å²) in [6.07, 6.45) is 3.64. The Kier molecular flexibility index (Phi) is 9.66. The molecule has 1 aromatic rings. The van der Waals surface area contributed by atoms with Gasteiger partial charge in [0.15, 0.2) is 5.96 Å². The summed E-state index contributed by atoms with van der Waals surface area (Å²) in [4.78, 5) is 4.38. The van der Waals surface area contributed by atoms with Gasteiger partial charge in [-0.15, -0.1) is 0 Å². The van der Waals surface area contributed by atoms with Gasteiger partial charge in [0.05, 0.1) is 12.6 Å². The molecule has 1 unspecified atom stereocenters. The highest BCUT2D eigenvalue weighted by molar-refractivity contribution is 7.98. The van der Waals surface area contributed by atoms with Crippen molar-refractivity contribution in [2.45, 2.75) is 25.9 Å². The average molecular weight is 327 g/mol. The summed E-state index contributed by atoms with van der Waals surface area (Å²) in [6.45, 7) is 3.87. The molecule has 0 aromatic heterocycles. The minimum absolute atomic E-state index is 0.242. The van der Waals surface area contributed by atoms with E-state index in [0.29, 0.717) is 11.5 Å². The zero-order valence-electron chi connectivity index (χ0n) is 13.3. The Morgan fingerprint density at radius 3 is 2.64 bits per heavy atom. The number of aliphatic hydroxyl groups excluding tert-OH is 1. The molecule has 22 heavy (non-hydrogen) atoms. The SMILES string of the molecule is CCNC(=NCC(O)c1ccc(F)cc1)NCCCCSC. The van der Waals surface area contributed by atoms with Crippen LogP contribution in [0.25, 0.3) is 0 Å². The van der Waals surface area contributed by atoms with Crippen LogP contribution in [-0.4, -0.2) is 42.7 Å². The molecule has 0 bridgehead atoms. The lowest BCUT2D eigenvalue weighted by Gasteiger charge is -2.13. The van der Waals surface area contributed by atoms with Crippen LogP contribution in [0.15, 0.2) is 29.3 Å². The van der Waals surface area contributed by atoms with Crippen LogP contribution in [0, 0.1) is 5.82 Å². The fraction of sp³-hybridized carbons (Fsp3) is 0.562. The molecule has 0 aliphatic carbocycles. The summed E-state index contributed by atoms with van der Waals surface area (Å²) < 4.78 is 12.9. The number of thioether (sulfide) groups is 1. The second-order valence-corrected chi connectivity index (χ2v) is 5.90. The van der Waals surface area contributed by atoms with E-state index in [2.05, 4.69) is 21.9 Å². The molecule has 1 rings (SSSR count). The number of benzene rings is 1. The molecule has 0 saturated heterocycles. The number of aliphatic imine (C=N–C) groups is 1. The molecule has 0 radical (unpaired) electrons. The number of nitrogens with one attached hydrogen (secondary N) is 2. The maximum absolute atomic E-state index is 12.9. The molecule has 1 aromatic carbocycles. The van der Waals surface area contributed by atoms with E-state index in [1.807, 2.05) is 18.7 Å². The van der Waals surface area contributed by atoms with Crippen LogP contribution in [0.3, 0.4) is 0 Å². The van der Waals surface area contributed by atoms with E-state index in [0.717, 1.165) is 19.5 Å². The van der Waals surface area contributed by atoms with Gasteiger partial charge in [-0.3, -0.25) is 4.99 Å². The first-order valence-corrected chi connectivity index (χ1v) is 9.01. The summed E-state index contributed by atoms with van der Waals surface area (Å²) >= 11 is 1.85. The lowest BCUT2D eigenvalue weighted by molar-refractivity contribution is 0.187. The van der Waals surface area contributed by atoms with E-state index in [-0.39, 0.29) is 12.4 Å². The van der Waals surface area contributed by atoms with Crippen molar-refractivity contribution in [2.75, 3.05) is 31.6 Å². The Labute approximate surface area is 136 Å². The maximum atomic E-state index is 12.9. The normalized spacial score (nSPS) is 13.0. The Morgan fingerprint density at radius 2 is 2.00 bits per heavy atom. The summed E-state index contributed by atoms with van der Waals surface area (Å²) in [6, 6.07) is 5.85. The molecule has 1 atom stereocenters. The molecular weight excluding hydrogens is 301 g/mol. The molecule has 0 amide bonds. The number of halogens is 1. The second kappa shape index (κ2) is 11.3. The van der Waals surface area contributed by atoms with Crippen molar-refractivity contribution >= 4 is 17.7 Å². The van der Waals surface area contributed by atoms with Gasteiger partial charge >= 0.3 is 0 Å². The van der Waals surface area contributed by atoms with E-state index in [1.165, 1.54) is 24.3 Å². The van der Waals surface area contributed by atoms with Crippen molar-refractivity contribution in [3.8, 4) is 0 Å². The van der Waals surface area contributed by atoms with Gasteiger partial charge in [-0.1, -0.05) is 12.1 Å². The number of aliphatic hydroxyl groups is 1. The Morgan fingerprint density at radius 1 is 1.27 bits per heavy atom. The van der Waals surface area contributed by atoms with Gasteiger partial charge in [0.25, 0.3) is 0 Å². The first-order chi connectivity index (χ1) is 10.7. The first kappa shape index (κ1) is 18.8. The minimum atomic E-state index is -0.729. The smallest absolute Gasteiger partial charge is 0.191 e. The molecule has 3 N–H and O–H groups in total. The third-order valence-corrected chi connectivity index (χ3v) is 3.79. The van der Waals surface area contributed by atoms with E-state index >= 15 is 0 Å². The Bertz CT molecular complexity index is 440. The molecule has 0 aliphatic rings. The topological polar surface area (TPSA) is 56.7 Å². The van der Waals surface area contributed by atoms with Gasteiger partial charge in [-0.05, 0) is 49.5 Å². The molecule has 6 heteroatoms. The van der Waals surface area contributed by atoms with Crippen LogP contribution in [-0.2, 0) is 0 Å². The predicted octanol–water partition coefficient (Wildman–Crippen LogP) is 2.56. The lowest BCUT2D eigenvalue weighted by atomic mass is 10.1. The van der Waals surface area contributed by atoms with Crippen molar-refractivity contribution < 1.29 is 9.50 Å².